The number of para-hydroxylation sites is 2. The van der Waals surface area contributed by atoms with Gasteiger partial charge in [-0.2, -0.15) is 0 Å². The lowest BCUT2D eigenvalue weighted by molar-refractivity contribution is -0.127. The van der Waals surface area contributed by atoms with E-state index in [9.17, 15) is 4.79 Å². The van der Waals surface area contributed by atoms with Crippen molar-refractivity contribution < 1.29 is 9.53 Å². The summed E-state index contributed by atoms with van der Waals surface area (Å²) in [5, 5.41) is 6.24. The fourth-order valence-electron chi connectivity index (χ4n) is 2.61. The highest BCUT2D eigenvalue weighted by molar-refractivity contribution is 5.83. The van der Waals surface area contributed by atoms with Crippen molar-refractivity contribution in [2.45, 2.75) is 38.0 Å². The van der Waals surface area contributed by atoms with E-state index in [0.717, 1.165) is 11.4 Å². The van der Waals surface area contributed by atoms with Crippen molar-refractivity contribution >= 4 is 11.6 Å². The van der Waals surface area contributed by atoms with Crippen LogP contribution in [0.5, 0.6) is 5.75 Å². The molecule has 0 aromatic heterocycles. The van der Waals surface area contributed by atoms with Crippen LogP contribution in [0.2, 0.25) is 0 Å². The molecule has 2 N–H and O–H groups in total. The summed E-state index contributed by atoms with van der Waals surface area (Å²) in [6.07, 6.45) is 2.10. The van der Waals surface area contributed by atoms with Gasteiger partial charge in [-0.3, -0.25) is 9.69 Å². The molecule has 3 rings (SSSR count). The number of anilines is 1. The van der Waals surface area contributed by atoms with Gasteiger partial charge in [0.2, 0.25) is 0 Å². The summed E-state index contributed by atoms with van der Waals surface area (Å²) in [6.45, 7) is 3.32. The van der Waals surface area contributed by atoms with E-state index >= 15 is 0 Å². The maximum atomic E-state index is 12.2. The first-order valence-corrected chi connectivity index (χ1v) is 7.64. The van der Waals surface area contributed by atoms with Crippen LogP contribution in [0.3, 0.4) is 0 Å². The molecule has 1 fully saturated rings. The summed E-state index contributed by atoms with van der Waals surface area (Å²) < 4.78 is 5.76. The Kier molecular flexibility index (Phi) is 4.01. The second-order valence-corrected chi connectivity index (χ2v) is 5.97. The fraction of sp³-hybridized carbons (Fsp3) is 0.562. The molecular weight excluding hydrogens is 266 g/mol. The number of rotatable bonds is 5. The number of nitrogens with one attached hydrogen (secondary N) is 2. The summed E-state index contributed by atoms with van der Waals surface area (Å²) >= 11 is 0. The van der Waals surface area contributed by atoms with Gasteiger partial charge >= 0.3 is 0 Å². The maximum absolute atomic E-state index is 12.2. The van der Waals surface area contributed by atoms with E-state index in [1.807, 2.05) is 24.3 Å². The Hall–Kier alpha value is -1.75. The number of likely N-dealkylation sites (N-methyl/N-ethyl adjacent to an activating group) is 1. The molecule has 0 spiro atoms. The number of benzene rings is 1. The molecule has 5 nitrogen and oxygen atoms in total. The molecule has 0 radical (unpaired) electrons. The Labute approximate surface area is 125 Å². The van der Waals surface area contributed by atoms with Gasteiger partial charge in [0.1, 0.15) is 5.75 Å². The number of fused-ring (bicyclic) bond motifs is 1. The molecule has 21 heavy (non-hydrogen) atoms. The standard InChI is InChI=1S/C16H23N3O2/c1-11(19(2)12-7-8-12)9-18-16(20)15-10-17-13-5-3-4-6-14(13)21-15/h3-6,11-12,15,17H,7-10H2,1-2H3,(H,18,20). The van der Waals surface area contributed by atoms with Gasteiger partial charge in [-0.25, -0.2) is 0 Å². The third-order valence-electron chi connectivity index (χ3n) is 4.32. The van der Waals surface area contributed by atoms with Crippen molar-refractivity contribution in [1.82, 2.24) is 10.2 Å². The summed E-state index contributed by atoms with van der Waals surface area (Å²) in [7, 11) is 2.13. The lowest BCUT2D eigenvalue weighted by Gasteiger charge is -2.28. The molecule has 114 valence electrons. The number of carbonyl (C=O) groups excluding carboxylic acids is 1. The molecule has 1 aromatic rings. The van der Waals surface area contributed by atoms with Crippen molar-refractivity contribution in [3.63, 3.8) is 0 Å². The smallest absolute Gasteiger partial charge is 0.263 e. The Balaban J connectivity index is 1.50. The average molecular weight is 289 g/mol. The van der Waals surface area contributed by atoms with Crippen LogP contribution >= 0.6 is 0 Å². The zero-order chi connectivity index (χ0) is 14.8. The van der Waals surface area contributed by atoms with Crippen molar-refractivity contribution in [3.8, 4) is 5.75 Å². The highest BCUT2D eigenvalue weighted by Crippen LogP contribution is 2.28. The largest absolute Gasteiger partial charge is 0.477 e. The molecule has 1 saturated carbocycles. The second-order valence-electron chi connectivity index (χ2n) is 5.97. The molecule has 0 bridgehead atoms. The van der Waals surface area contributed by atoms with E-state index in [0.29, 0.717) is 25.2 Å². The molecule has 1 amide bonds. The topological polar surface area (TPSA) is 53.6 Å². The number of hydrogen-bond acceptors (Lipinski definition) is 4. The Bertz CT molecular complexity index is 516. The van der Waals surface area contributed by atoms with Gasteiger partial charge in [0.05, 0.1) is 12.2 Å². The quantitative estimate of drug-likeness (QED) is 0.861. The molecule has 5 heteroatoms. The number of ether oxygens (including phenoxy) is 1. The first kappa shape index (κ1) is 14.2. The first-order chi connectivity index (χ1) is 10.1. The molecule has 2 unspecified atom stereocenters. The van der Waals surface area contributed by atoms with E-state index in [1.165, 1.54) is 12.8 Å². The van der Waals surface area contributed by atoms with Crippen LogP contribution < -0.4 is 15.4 Å². The van der Waals surface area contributed by atoms with Gasteiger partial charge in [-0.15, -0.1) is 0 Å². The minimum Gasteiger partial charge on any atom is -0.477 e. The average Bonchev–Trinajstić information content (AvgIpc) is 3.35. The normalized spacial score (nSPS) is 22.0. The number of hydrogen-bond donors (Lipinski definition) is 2. The Morgan fingerprint density at radius 1 is 1.48 bits per heavy atom. The molecule has 1 heterocycles. The summed E-state index contributed by atoms with van der Waals surface area (Å²) in [6, 6.07) is 8.75. The van der Waals surface area contributed by atoms with Crippen LogP contribution in [0.4, 0.5) is 5.69 Å². The number of amides is 1. The number of nitrogens with zero attached hydrogens (tertiary/aromatic N) is 1. The molecule has 2 atom stereocenters. The maximum Gasteiger partial charge on any atom is 0.263 e. The molecule has 0 saturated heterocycles. The van der Waals surface area contributed by atoms with Crippen molar-refractivity contribution in [1.29, 1.82) is 0 Å². The highest BCUT2D eigenvalue weighted by Gasteiger charge is 2.30. The molecule has 1 aromatic carbocycles. The summed E-state index contributed by atoms with van der Waals surface area (Å²) in [4.78, 5) is 14.6. The fourth-order valence-corrected chi connectivity index (χ4v) is 2.61. The van der Waals surface area contributed by atoms with Crippen molar-refractivity contribution in [2.75, 3.05) is 25.5 Å². The van der Waals surface area contributed by atoms with Crippen LogP contribution in [0.15, 0.2) is 24.3 Å². The predicted octanol–water partition coefficient (Wildman–Crippen LogP) is 1.46. The Morgan fingerprint density at radius 2 is 2.24 bits per heavy atom. The van der Waals surface area contributed by atoms with Crippen LogP contribution in [0.1, 0.15) is 19.8 Å². The van der Waals surface area contributed by atoms with Gasteiger partial charge in [0.25, 0.3) is 5.91 Å². The molecule has 1 aliphatic carbocycles. The predicted molar refractivity (Wildman–Crippen MR) is 82.6 cm³/mol. The molecular formula is C16H23N3O2. The SMILES string of the molecule is CC(CNC(=O)C1CNc2ccccc2O1)N(C)C1CC1. The van der Waals surface area contributed by atoms with E-state index in [2.05, 4.69) is 29.5 Å². The highest BCUT2D eigenvalue weighted by atomic mass is 16.5. The van der Waals surface area contributed by atoms with E-state index in [1.54, 1.807) is 0 Å². The van der Waals surface area contributed by atoms with Crippen LogP contribution in [-0.4, -0.2) is 49.1 Å². The van der Waals surface area contributed by atoms with Crippen molar-refractivity contribution in [3.05, 3.63) is 24.3 Å². The minimum absolute atomic E-state index is 0.0481. The van der Waals surface area contributed by atoms with Crippen LogP contribution in [0.25, 0.3) is 0 Å². The van der Waals surface area contributed by atoms with Gasteiger partial charge < -0.3 is 15.4 Å². The van der Waals surface area contributed by atoms with E-state index in [4.69, 9.17) is 4.74 Å². The zero-order valence-corrected chi connectivity index (χ0v) is 12.6. The van der Waals surface area contributed by atoms with Crippen LogP contribution in [0, 0.1) is 0 Å². The first-order valence-electron chi connectivity index (χ1n) is 7.64. The summed E-state index contributed by atoms with van der Waals surface area (Å²) in [5.41, 5.74) is 0.948. The van der Waals surface area contributed by atoms with Crippen LogP contribution in [-0.2, 0) is 4.79 Å². The third-order valence-corrected chi connectivity index (χ3v) is 4.32. The van der Waals surface area contributed by atoms with Gasteiger partial charge in [-0.05, 0) is 38.9 Å². The lowest BCUT2D eigenvalue weighted by atomic mass is 10.2. The van der Waals surface area contributed by atoms with Crippen molar-refractivity contribution in [2.24, 2.45) is 0 Å². The van der Waals surface area contributed by atoms with Gasteiger partial charge in [0, 0.05) is 18.6 Å². The monoisotopic (exact) mass is 289 g/mol. The summed E-state index contributed by atoms with van der Waals surface area (Å²) in [5.74, 6) is 0.695. The van der Waals surface area contributed by atoms with E-state index < -0.39 is 6.10 Å². The zero-order valence-electron chi connectivity index (χ0n) is 12.6. The molecule has 2 aliphatic rings. The lowest BCUT2D eigenvalue weighted by Crippen LogP contribution is -2.48. The van der Waals surface area contributed by atoms with E-state index in [-0.39, 0.29) is 5.91 Å². The van der Waals surface area contributed by atoms with Gasteiger partial charge in [0.15, 0.2) is 6.10 Å². The third kappa shape index (κ3) is 3.29. The second kappa shape index (κ2) is 5.93. The Morgan fingerprint density at radius 3 is 3.00 bits per heavy atom. The minimum atomic E-state index is -0.460. The van der Waals surface area contributed by atoms with Gasteiger partial charge in [-0.1, -0.05) is 12.1 Å². The molecule has 1 aliphatic heterocycles. The number of carbonyl (C=O) groups is 1.